The Kier molecular flexibility index (Phi) is 1.63. The Morgan fingerprint density at radius 1 is 1.33 bits per heavy atom. The molecule has 0 amide bonds. The molecule has 2 aromatic rings. The quantitative estimate of drug-likeness (QED) is 0.615. The largest absolute Gasteiger partial charge is 0.248 e. The van der Waals surface area contributed by atoms with E-state index in [2.05, 4.69) is 17.6 Å². The number of hydrogen-bond donors (Lipinski definition) is 0. The minimum Gasteiger partial charge on any atom is -0.248 e. The molecule has 1 radical (unpaired) electrons. The maximum Gasteiger partial charge on any atom is 0.0715 e. The molecule has 1 heteroatoms. The SMILES string of the molecule is C=Cc1c[c]c2ccccc2n1. The molecule has 0 N–H and O–H groups in total. The van der Waals surface area contributed by atoms with Crippen LogP contribution < -0.4 is 0 Å². The monoisotopic (exact) mass is 154 g/mol. The third-order valence-corrected chi connectivity index (χ3v) is 1.74. The summed E-state index contributed by atoms with van der Waals surface area (Å²) in [4.78, 5) is 4.34. The number of para-hydroxylation sites is 1. The van der Waals surface area contributed by atoms with Crippen molar-refractivity contribution in [3.63, 3.8) is 0 Å². The number of aromatic nitrogens is 1. The molecule has 0 bridgehead atoms. The van der Waals surface area contributed by atoms with E-state index in [0.29, 0.717) is 0 Å². The Morgan fingerprint density at radius 2 is 2.17 bits per heavy atom. The van der Waals surface area contributed by atoms with Gasteiger partial charge in [0, 0.05) is 5.39 Å². The van der Waals surface area contributed by atoms with Gasteiger partial charge in [-0.05, 0) is 24.3 Å². The highest BCUT2D eigenvalue weighted by atomic mass is 14.7. The first-order chi connectivity index (χ1) is 5.90. The fourth-order valence-electron chi connectivity index (χ4n) is 1.12. The second kappa shape index (κ2) is 2.78. The van der Waals surface area contributed by atoms with Gasteiger partial charge in [-0.3, -0.25) is 0 Å². The predicted octanol–water partition coefficient (Wildman–Crippen LogP) is 2.68. The smallest absolute Gasteiger partial charge is 0.0715 e. The molecule has 0 aliphatic rings. The van der Waals surface area contributed by atoms with Crippen LogP contribution in [0.5, 0.6) is 0 Å². The van der Waals surface area contributed by atoms with Crippen molar-refractivity contribution in [2.24, 2.45) is 0 Å². The summed E-state index contributed by atoms with van der Waals surface area (Å²) in [7, 11) is 0. The van der Waals surface area contributed by atoms with E-state index in [1.54, 1.807) is 6.08 Å². The summed E-state index contributed by atoms with van der Waals surface area (Å²) in [6.45, 7) is 3.66. The van der Waals surface area contributed by atoms with Gasteiger partial charge in [-0.2, -0.15) is 0 Å². The van der Waals surface area contributed by atoms with Crippen LogP contribution in [-0.2, 0) is 0 Å². The zero-order valence-electron chi connectivity index (χ0n) is 6.62. The van der Waals surface area contributed by atoms with Gasteiger partial charge in [0.05, 0.1) is 11.2 Å². The summed E-state index contributed by atoms with van der Waals surface area (Å²) >= 11 is 0. The van der Waals surface area contributed by atoms with Crippen molar-refractivity contribution in [2.45, 2.75) is 0 Å². The Hall–Kier alpha value is -1.63. The third kappa shape index (κ3) is 1.10. The molecule has 0 saturated carbocycles. The van der Waals surface area contributed by atoms with Crippen LogP contribution in [0.25, 0.3) is 17.0 Å². The van der Waals surface area contributed by atoms with Crippen LogP contribution in [0.4, 0.5) is 0 Å². The van der Waals surface area contributed by atoms with Crippen LogP contribution in [-0.4, -0.2) is 4.98 Å². The van der Waals surface area contributed by atoms with Gasteiger partial charge in [0.25, 0.3) is 0 Å². The molecule has 0 atom stereocenters. The van der Waals surface area contributed by atoms with E-state index in [9.17, 15) is 0 Å². The molecule has 1 nitrogen and oxygen atoms in total. The molecule has 1 aromatic heterocycles. The zero-order valence-corrected chi connectivity index (χ0v) is 6.62. The van der Waals surface area contributed by atoms with Crippen molar-refractivity contribution in [3.8, 4) is 0 Å². The van der Waals surface area contributed by atoms with Gasteiger partial charge in [-0.25, -0.2) is 4.98 Å². The number of benzene rings is 1. The van der Waals surface area contributed by atoms with Gasteiger partial charge < -0.3 is 0 Å². The Labute approximate surface area is 71.4 Å². The van der Waals surface area contributed by atoms with E-state index in [1.807, 2.05) is 30.3 Å². The molecule has 2 rings (SSSR count). The summed E-state index contributed by atoms with van der Waals surface area (Å²) in [6.07, 6.45) is 1.73. The molecule has 12 heavy (non-hydrogen) atoms. The second-order valence-electron chi connectivity index (χ2n) is 2.55. The van der Waals surface area contributed by atoms with Gasteiger partial charge in [0.15, 0.2) is 0 Å². The van der Waals surface area contributed by atoms with E-state index >= 15 is 0 Å². The van der Waals surface area contributed by atoms with Gasteiger partial charge in [-0.1, -0.05) is 24.8 Å². The van der Waals surface area contributed by atoms with Gasteiger partial charge in [0.1, 0.15) is 0 Å². The highest BCUT2D eigenvalue weighted by Gasteiger charge is 1.92. The number of nitrogens with zero attached hydrogens (tertiary/aromatic N) is 1. The fourth-order valence-corrected chi connectivity index (χ4v) is 1.12. The summed E-state index contributed by atoms with van der Waals surface area (Å²) < 4.78 is 0. The van der Waals surface area contributed by atoms with Crippen LogP contribution in [0.1, 0.15) is 5.69 Å². The van der Waals surface area contributed by atoms with Crippen LogP contribution in [0.2, 0.25) is 0 Å². The van der Waals surface area contributed by atoms with Crippen molar-refractivity contribution in [1.82, 2.24) is 4.98 Å². The average Bonchev–Trinajstić information content (AvgIpc) is 2.17. The van der Waals surface area contributed by atoms with Crippen LogP contribution >= 0.6 is 0 Å². The lowest BCUT2D eigenvalue weighted by Crippen LogP contribution is -1.81. The van der Waals surface area contributed by atoms with Crippen molar-refractivity contribution < 1.29 is 0 Å². The lowest BCUT2D eigenvalue weighted by Gasteiger charge is -1.96. The van der Waals surface area contributed by atoms with E-state index < -0.39 is 0 Å². The summed E-state index contributed by atoms with van der Waals surface area (Å²) in [5, 5.41) is 1.04. The summed E-state index contributed by atoms with van der Waals surface area (Å²) in [5.41, 5.74) is 1.84. The second-order valence-corrected chi connectivity index (χ2v) is 2.55. The highest BCUT2D eigenvalue weighted by molar-refractivity contribution is 5.78. The highest BCUT2D eigenvalue weighted by Crippen LogP contribution is 2.11. The topological polar surface area (TPSA) is 12.9 Å². The number of pyridine rings is 1. The molecule has 0 spiro atoms. The number of hydrogen-bond acceptors (Lipinski definition) is 1. The molecule has 0 fully saturated rings. The standard InChI is InChI=1S/C11H8N/c1-2-10-8-7-9-5-3-4-6-11(9)12-10/h2-6,8H,1H2. The zero-order chi connectivity index (χ0) is 8.39. The van der Waals surface area contributed by atoms with Crippen molar-refractivity contribution >= 4 is 17.0 Å². The first-order valence-corrected chi connectivity index (χ1v) is 3.80. The Morgan fingerprint density at radius 3 is 3.00 bits per heavy atom. The van der Waals surface area contributed by atoms with Crippen molar-refractivity contribution in [1.29, 1.82) is 0 Å². The molecular formula is C11H8N. The molecule has 0 saturated heterocycles. The normalized spacial score (nSPS) is 10.0. The summed E-state index contributed by atoms with van der Waals surface area (Å²) in [6, 6.07) is 12.9. The molecule has 57 valence electrons. The Balaban J connectivity index is 2.75. The van der Waals surface area contributed by atoms with Crippen LogP contribution in [0, 0.1) is 6.07 Å². The fraction of sp³-hybridized carbons (Fsp3) is 0. The predicted molar refractivity (Wildman–Crippen MR) is 50.7 cm³/mol. The Bertz CT molecular complexity index is 418. The number of fused-ring (bicyclic) bond motifs is 1. The van der Waals surface area contributed by atoms with E-state index in [1.165, 1.54) is 0 Å². The minimum absolute atomic E-state index is 0.869. The first-order valence-electron chi connectivity index (χ1n) is 3.80. The maximum absolute atomic E-state index is 4.34. The molecule has 0 aliphatic carbocycles. The van der Waals surface area contributed by atoms with Crippen molar-refractivity contribution in [2.75, 3.05) is 0 Å². The third-order valence-electron chi connectivity index (χ3n) is 1.74. The first kappa shape index (κ1) is 7.04. The van der Waals surface area contributed by atoms with E-state index in [0.717, 1.165) is 16.6 Å². The van der Waals surface area contributed by atoms with E-state index in [-0.39, 0.29) is 0 Å². The lowest BCUT2D eigenvalue weighted by molar-refractivity contribution is 1.37. The number of rotatable bonds is 1. The molecular weight excluding hydrogens is 146 g/mol. The maximum atomic E-state index is 4.34. The van der Waals surface area contributed by atoms with E-state index in [4.69, 9.17) is 0 Å². The molecule has 0 unspecified atom stereocenters. The molecule has 1 heterocycles. The molecule has 1 aromatic carbocycles. The van der Waals surface area contributed by atoms with Crippen LogP contribution in [0.15, 0.2) is 36.9 Å². The average molecular weight is 154 g/mol. The molecule has 0 aliphatic heterocycles. The van der Waals surface area contributed by atoms with Crippen LogP contribution in [0.3, 0.4) is 0 Å². The van der Waals surface area contributed by atoms with Gasteiger partial charge in [-0.15, -0.1) is 0 Å². The minimum atomic E-state index is 0.869. The lowest BCUT2D eigenvalue weighted by atomic mass is 10.2. The van der Waals surface area contributed by atoms with Gasteiger partial charge >= 0.3 is 0 Å². The van der Waals surface area contributed by atoms with Gasteiger partial charge in [0.2, 0.25) is 0 Å². The van der Waals surface area contributed by atoms with Crippen molar-refractivity contribution in [3.05, 3.63) is 48.7 Å². The summed E-state index contributed by atoms with van der Waals surface area (Å²) in [5.74, 6) is 0.